The third-order valence-corrected chi connectivity index (χ3v) is 7.14. The Labute approximate surface area is 209 Å². The van der Waals surface area contributed by atoms with Gasteiger partial charge in [0.15, 0.2) is 5.13 Å². The zero-order valence-electron chi connectivity index (χ0n) is 19.8. The van der Waals surface area contributed by atoms with Crippen LogP contribution in [-0.4, -0.2) is 58.2 Å². The van der Waals surface area contributed by atoms with Gasteiger partial charge in [0.05, 0.1) is 10.2 Å². The van der Waals surface area contributed by atoms with Crippen LogP contribution in [-0.2, 0) is 9.59 Å². The number of hydrogen-bond acceptors (Lipinski definition) is 6. The van der Waals surface area contributed by atoms with Gasteiger partial charge in [-0.2, -0.15) is 0 Å². The predicted molar refractivity (Wildman–Crippen MR) is 141 cm³/mol. The number of carbonyl (C=O) groups is 2. The smallest absolute Gasteiger partial charge is 0.328 e. The Bertz CT molecular complexity index is 1100. The number of fused-ring (bicyclic) bond motifs is 1. The van der Waals surface area contributed by atoms with Crippen LogP contribution in [0, 0.1) is 0 Å². The summed E-state index contributed by atoms with van der Waals surface area (Å²) in [6.07, 6.45) is 6.52. The molecule has 7 nitrogen and oxygen atoms in total. The summed E-state index contributed by atoms with van der Waals surface area (Å²) in [6.45, 7) is 6.22. The van der Waals surface area contributed by atoms with E-state index in [1.165, 1.54) is 23.1 Å². The highest BCUT2D eigenvalue weighted by Gasteiger charge is 2.28. The molecule has 35 heavy (non-hydrogen) atoms. The molecule has 1 unspecified atom stereocenters. The molecule has 2 aromatic carbocycles. The van der Waals surface area contributed by atoms with Gasteiger partial charge in [0.25, 0.3) is 0 Å². The van der Waals surface area contributed by atoms with Crippen LogP contribution in [0.4, 0.5) is 5.13 Å². The second kappa shape index (κ2) is 12.8. The van der Waals surface area contributed by atoms with Crippen molar-refractivity contribution < 1.29 is 19.8 Å². The molecule has 1 aliphatic heterocycles. The summed E-state index contributed by atoms with van der Waals surface area (Å²) in [5.74, 6) is -2.51. The molecule has 2 heterocycles. The molecule has 4 rings (SSSR count). The normalized spacial score (nSPS) is 15.3. The molecule has 0 aliphatic carbocycles. The molecule has 1 aromatic heterocycles. The second-order valence-corrected chi connectivity index (χ2v) is 9.31. The van der Waals surface area contributed by atoms with E-state index in [1.54, 1.807) is 11.3 Å². The van der Waals surface area contributed by atoms with E-state index in [-0.39, 0.29) is 0 Å². The Kier molecular flexibility index (Phi) is 9.57. The topological polar surface area (TPSA) is 94.0 Å². The second-order valence-electron chi connectivity index (χ2n) is 8.30. The van der Waals surface area contributed by atoms with Crippen LogP contribution in [0.1, 0.15) is 30.9 Å². The average Bonchev–Trinajstić information content (AvgIpc) is 3.31. The van der Waals surface area contributed by atoms with Crippen molar-refractivity contribution in [1.29, 1.82) is 0 Å². The lowest BCUT2D eigenvalue weighted by molar-refractivity contribution is -0.134. The molecule has 1 aliphatic rings. The number of likely N-dealkylation sites (tertiary alicyclic amines) is 1. The van der Waals surface area contributed by atoms with Gasteiger partial charge in [0.2, 0.25) is 0 Å². The van der Waals surface area contributed by atoms with Crippen LogP contribution < -0.4 is 4.90 Å². The van der Waals surface area contributed by atoms with Crippen molar-refractivity contribution in [2.45, 2.75) is 31.3 Å². The van der Waals surface area contributed by atoms with Crippen LogP contribution >= 0.6 is 11.3 Å². The molecule has 0 saturated carbocycles. The molecule has 1 saturated heterocycles. The minimum Gasteiger partial charge on any atom is -0.478 e. The first-order chi connectivity index (χ1) is 16.9. The van der Waals surface area contributed by atoms with Crippen molar-refractivity contribution in [2.24, 2.45) is 0 Å². The Balaban J connectivity index is 0.000000371. The first-order valence-electron chi connectivity index (χ1n) is 11.5. The van der Waals surface area contributed by atoms with Crippen LogP contribution in [0.5, 0.6) is 0 Å². The van der Waals surface area contributed by atoms with Crippen LogP contribution in [0.3, 0.4) is 0 Å². The van der Waals surface area contributed by atoms with E-state index >= 15 is 0 Å². The van der Waals surface area contributed by atoms with Crippen LogP contribution in [0.25, 0.3) is 10.2 Å². The molecule has 0 spiro atoms. The van der Waals surface area contributed by atoms with Crippen molar-refractivity contribution in [1.82, 2.24) is 9.88 Å². The van der Waals surface area contributed by atoms with Gasteiger partial charge in [-0.3, -0.25) is 4.90 Å². The molecule has 2 N–H and O–H groups in total. The monoisotopic (exact) mass is 493 g/mol. The van der Waals surface area contributed by atoms with Crippen LogP contribution in [0.15, 0.2) is 79.4 Å². The van der Waals surface area contributed by atoms with Gasteiger partial charge >= 0.3 is 11.9 Å². The Morgan fingerprint density at radius 1 is 1.09 bits per heavy atom. The number of aliphatic carboxylic acids is 2. The van der Waals surface area contributed by atoms with Gasteiger partial charge < -0.3 is 15.1 Å². The number of aromatic nitrogens is 1. The summed E-state index contributed by atoms with van der Waals surface area (Å²) in [7, 11) is 2.20. The Morgan fingerprint density at radius 2 is 1.69 bits per heavy atom. The zero-order chi connectivity index (χ0) is 25.2. The maximum atomic E-state index is 9.55. The Morgan fingerprint density at radius 3 is 2.26 bits per heavy atom. The van der Waals surface area contributed by atoms with Gasteiger partial charge in [-0.1, -0.05) is 59.9 Å². The number of para-hydroxylation sites is 1. The van der Waals surface area contributed by atoms with E-state index < -0.39 is 11.9 Å². The number of benzene rings is 2. The van der Waals surface area contributed by atoms with E-state index in [4.69, 9.17) is 15.2 Å². The number of carboxylic acid groups (broad SMARTS) is 2. The van der Waals surface area contributed by atoms with E-state index in [0.29, 0.717) is 24.2 Å². The number of nitrogens with zero attached hydrogens (tertiary/aromatic N) is 3. The lowest BCUT2D eigenvalue weighted by Crippen LogP contribution is -2.44. The minimum absolute atomic E-state index is 0.442. The van der Waals surface area contributed by atoms with Gasteiger partial charge in [-0.15, -0.1) is 6.58 Å². The summed E-state index contributed by atoms with van der Waals surface area (Å²) in [5.41, 5.74) is 2.51. The van der Waals surface area contributed by atoms with Gasteiger partial charge in [-0.25, -0.2) is 14.6 Å². The lowest BCUT2D eigenvalue weighted by atomic mass is 9.97. The molecule has 3 aromatic rings. The lowest BCUT2D eigenvalue weighted by Gasteiger charge is -2.40. The standard InChI is InChI=1S/C23H27N3S.C4H4O4/c1-3-9-21(18-10-5-4-6-11-18)26-16-14-19(15-17-26)25(2)23-24-20-12-7-8-13-22(20)27-23;5-3(6)1-2-4(7)8/h3-8,10-13,19,21H,1,9,14-17H2,2H3;1-2H,(H,5,6)(H,7,8)/b;2-1-. The molecule has 0 bridgehead atoms. The van der Waals surface area contributed by atoms with E-state index in [0.717, 1.165) is 30.2 Å². The fraction of sp³-hybridized carbons (Fsp3) is 0.296. The quantitative estimate of drug-likeness (QED) is 0.328. The van der Waals surface area contributed by atoms with Crippen molar-refractivity contribution >= 4 is 38.6 Å². The highest BCUT2D eigenvalue weighted by molar-refractivity contribution is 7.22. The molecular weight excluding hydrogens is 462 g/mol. The van der Waals surface area contributed by atoms with Crippen LogP contribution in [0.2, 0.25) is 0 Å². The number of anilines is 1. The minimum atomic E-state index is -1.26. The molecule has 0 radical (unpaired) electrons. The number of hydrogen-bond donors (Lipinski definition) is 2. The van der Waals surface area contributed by atoms with Crippen molar-refractivity contribution in [3.8, 4) is 0 Å². The van der Waals surface area contributed by atoms with Crippen molar-refractivity contribution in [2.75, 3.05) is 25.0 Å². The number of rotatable bonds is 8. The van der Waals surface area contributed by atoms with E-state index in [2.05, 4.69) is 84.1 Å². The summed E-state index contributed by atoms with van der Waals surface area (Å²) in [6, 6.07) is 20.3. The maximum Gasteiger partial charge on any atom is 0.328 e. The fourth-order valence-electron chi connectivity index (χ4n) is 4.22. The number of piperidine rings is 1. The first-order valence-corrected chi connectivity index (χ1v) is 12.3. The number of thiazole rings is 1. The summed E-state index contributed by atoms with van der Waals surface area (Å²) in [5, 5.41) is 16.8. The summed E-state index contributed by atoms with van der Waals surface area (Å²) < 4.78 is 1.27. The maximum absolute atomic E-state index is 9.55. The zero-order valence-corrected chi connectivity index (χ0v) is 20.6. The first kappa shape index (κ1) is 26.1. The van der Waals surface area contributed by atoms with Gasteiger partial charge in [-0.05, 0) is 37.0 Å². The Hall–Kier alpha value is -3.49. The predicted octanol–water partition coefficient (Wildman–Crippen LogP) is 5.23. The highest BCUT2D eigenvalue weighted by atomic mass is 32.1. The summed E-state index contributed by atoms with van der Waals surface area (Å²) in [4.78, 5) is 29.0. The molecule has 0 amide bonds. The van der Waals surface area contributed by atoms with Crippen molar-refractivity contribution in [3.05, 3.63) is 85.0 Å². The van der Waals surface area contributed by atoms with Gasteiger partial charge in [0.1, 0.15) is 0 Å². The molecule has 1 fully saturated rings. The van der Waals surface area contributed by atoms with Gasteiger partial charge in [0, 0.05) is 44.4 Å². The highest BCUT2D eigenvalue weighted by Crippen LogP contribution is 2.33. The van der Waals surface area contributed by atoms with E-state index in [9.17, 15) is 9.59 Å². The third-order valence-electron chi connectivity index (χ3n) is 6.01. The average molecular weight is 494 g/mol. The molecular formula is C27H31N3O4S. The largest absolute Gasteiger partial charge is 0.478 e. The number of carboxylic acids is 2. The van der Waals surface area contributed by atoms with E-state index in [1.807, 2.05) is 0 Å². The summed E-state index contributed by atoms with van der Waals surface area (Å²) >= 11 is 1.80. The third kappa shape index (κ3) is 7.50. The fourth-order valence-corrected chi connectivity index (χ4v) is 5.22. The molecule has 8 heteroatoms. The van der Waals surface area contributed by atoms with Crippen molar-refractivity contribution in [3.63, 3.8) is 0 Å². The molecule has 184 valence electrons. The molecule has 1 atom stereocenters. The SMILES string of the molecule is C=CCC(c1ccccc1)N1CCC(N(C)c2nc3ccccc3s2)CC1.O=C(O)/C=C\C(=O)O.